The van der Waals surface area contributed by atoms with E-state index in [1.54, 1.807) is 19.0 Å². The number of nitrogens with zero attached hydrogens (tertiary/aromatic N) is 2. The third kappa shape index (κ3) is 4.15. The fourth-order valence-electron chi connectivity index (χ4n) is 1.13. The van der Waals surface area contributed by atoms with E-state index in [-0.39, 0.29) is 6.03 Å². The van der Waals surface area contributed by atoms with Crippen LogP contribution in [0.1, 0.15) is 27.2 Å². The van der Waals surface area contributed by atoms with Gasteiger partial charge in [-0.05, 0) is 12.8 Å². The Morgan fingerprint density at radius 1 is 1.31 bits per heavy atom. The molecule has 1 atom stereocenters. The van der Waals surface area contributed by atoms with Gasteiger partial charge in [0.15, 0.2) is 0 Å². The summed E-state index contributed by atoms with van der Waals surface area (Å²) in [5, 5.41) is 0. The van der Waals surface area contributed by atoms with Gasteiger partial charge < -0.3 is 9.80 Å². The minimum absolute atomic E-state index is 0.114. The van der Waals surface area contributed by atoms with Crippen LogP contribution in [0.3, 0.4) is 0 Å². The quantitative estimate of drug-likeness (QED) is 0.659. The highest BCUT2D eigenvalue weighted by Gasteiger charge is 2.14. The highest BCUT2D eigenvalue weighted by molar-refractivity contribution is 5.73. The number of amides is 2. The third-order valence-electron chi connectivity index (χ3n) is 2.26. The molecule has 2 amide bonds. The maximum atomic E-state index is 11.6. The van der Waals surface area contributed by atoms with E-state index in [1.807, 2.05) is 11.8 Å². The van der Waals surface area contributed by atoms with Crippen LogP contribution in [0, 0.1) is 5.92 Å². The first-order valence-electron chi connectivity index (χ1n) is 4.99. The number of rotatable bonds is 4. The van der Waals surface area contributed by atoms with Crippen molar-refractivity contribution >= 4 is 6.03 Å². The standard InChI is InChI=1S/C10H22N2O/c1-6-9(3)8-12(7-2)10(13)11(4)5/h9H,6-8H2,1-5H3. The normalized spacial score (nSPS) is 12.4. The molecule has 0 rings (SSSR count). The van der Waals surface area contributed by atoms with Gasteiger partial charge in [0, 0.05) is 27.2 Å². The minimum atomic E-state index is 0.114. The lowest BCUT2D eigenvalue weighted by molar-refractivity contribution is 0.165. The fraction of sp³-hybridized carbons (Fsp3) is 0.900. The van der Waals surface area contributed by atoms with Crippen LogP contribution in [0.4, 0.5) is 4.79 Å². The fourth-order valence-corrected chi connectivity index (χ4v) is 1.13. The van der Waals surface area contributed by atoms with Crippen LogP contribution in [-0.4, -0.2) is 43.0 Å². The predicted molar refractivity (Wildman–Crippen MR) is 55.8 cm³/mol. The van der Waals surface area contributed by atoms with Crippen molar-refractivity contribution in [3.8, 4) is 0 Å². The van der Waals surface area contributed by atoms with Crippen molar-refractivity contribution in [2.45, 2.75) is 27.2 Å². The Kier molecular flexibility index (Phi) is 5.51. The molecule has 0 heterocycles. The molecule has 0 aromatic heterocycles. The monoisotopic (exact) mass is 186 g/mol. The minimum Gasteiger partial charge on any atom is -0.331 e. The van der Waals surface area contributed by atoms with Gasteiger partial charge in [0.2, 0.25) is 0 Å². The van der Waals surface area contributed by atoms with Crippen LogP contribution in [0.15, 0.2) is 0 Å². The molecule has 0 fully saturated rings. The summed E-state index contributed by atoms with van der Waals surface area (Å²) >= 11 is 0. The molecule has 1 unspecified atom stereocenters. The lowest BCUT2D eigenvalue weighted by atomic mass is 10.1. The molecule has 0 spiro atoms. The van der Waals surface area contributed by atoms with E-state index < -0.39 is 0 Å². The van der Waals surface area contributed by atoms with Crippen molar-refractivity contribution < 1.29 is 4.79 Å². The van der Waals surface area contributed by atoms with E-state index in [4.69, 9.17) is 0 Å². The molecule has 0 aliphatic carbocycles. The molecule has 0 radical (unpaired) electrons. The summed E-state index contributed by atoms with van der Waals surface area (Å²) in [7, 11) is 3.59. The third-order valence-corrected chi connectivity index (χ3v) is 2.26. The van der Waals surface area contributed by atoms with Crippen molar-refractivity contribution in [1.82, 2.24) is 9.80 Å². The summed E-state index contributed by atoms with van der Waals surface area (Å²) in [6, 6.07) is 0.114. The number of hydrogen-bond donors (Lipinski definition) is 0. The van der Waals surface area contributed by atoms with Crippen LogP contribution >= 0.6 is 0 Å². The molecule has 3 nitrogen and oxygen atoms in total. The zero-order chi connectivity index (χ0) is 10.4. The van der Waals surface area contributed by atoms with E-state index in [2.05, 4.69) is 13.8 Å². The Bertz CT molecular complexity index is 157. The predicted octanol–water partition coefficient (Wildman–Crippen LogP) is 2.04. The molecule has 3 heteroatoms. The van der Waals surface area contributed by atoms with E-state index in [9.17, 15) is 4.79 Å². The molecule has 0 saturated carbocycles. The van der Waals surface area contributed by atoms with Gasteiger partial charge in [-0.2, -0.15) is 0 Å². The average molecular weight is 186 g/mol. The van der Waals surface area contributed by atoms with Crippen molar-refractivity contribution in [3.05, 3.63) is 0 Å². The molecular formula is C10H22N2O. The van der Waals surface area contributed by atoms with Crippen molar-refractivity contribution in [2.24, 2.45) is 5.92 Å². The Morgan fingerprint density at radius 2 is 1.85 bits per heavy atom. The van der Waals surface area contributed by atoms with Crippen molar-refractivity contribution in [3.63, 3.8) is 0 Å². The van der Waals surface area contributed by atoms with E-state index >= 15 is 0 Å². The highest BCUT2D eigenvalue weighted by Crippen LogP contribution is 2.05. The van der Waals surface area contributed by atoms with E-state index in [0.717, 1.165) is 19.5 Å². The first kappa shape index (κ1) is 12.3. The summed E-state index contributed by atoms with van der Waals surface area (Å²) in [6.45, 7) is 8.00. The maximum Gasteiger partial charge on any atom is 0.319 e. The van der Waals surface area contributed by atoms with Crippen LogP contribution in [0.5, 0.6) is 0 Å². The van der Waals surface area contributed by atoms with Gasteiger partial charge in [-0.25, -0.2) is 4.79 Å². The topological polar surface area (TPSA) is 23.6 Å². The molecule has 0 bridgehead atoms. The van der Waals surface area contributed by atoms with Crippen LogP contribution in [-0.2, 0) is 0 Å². The van der Waals surface area contributed by atoms with E-state index in [0.29, 0.717) is 5.92 Å². The van der Waals surface area contributed by atoms with Gasteiger partial charge in [-0.3, -0.25) is 0 Å². The molecule has 0 aliphatic heterocycles. The van der Waals surface area contributed by atoms with Crippen LogP contribution in [0.2, 0.25) is 0 Å². The molecule has 0 saturated heterocycles. The number of carbonyl (C=O) groups is 1. The summed E-state index contributed by atoms with van der Waals surface area (Å²) in [4.78, 5) is 15.1. The second-order valence-electron chi connectivity index (χ2n) is 3.73. The van der Waals surface area contributed by atoms with Crippen molar-refractivity contribution in [1.29, 1.82) is 0 Å². The summed E-state index contributed by atoms with van der Waals surface area (Å²) in [5.41, 5.74) is 0. The molecule has 78 valence electrons. The SMILES string of the molecule is CCC(C)CN(CC)C(=O)N(C)C. The maximum absolute atomic E-state index is 11.6. The Morgan fingerprint density at radius 3 is 2.15 bits per heavy atom. The van der Waals surface area contributed by atoms with Gasteiger partial charge in [0.25, 0.3) is 0 Å². The molecule has 13 heavy (non-hydrogen) atoms. The number of hydrogen-bond acceptors (Lipinski definition) is 1. The first-order chi connectivity index (χ1) is 6.02. The van der Waals surface area contributed by atoms with E-state index in [1.165, 1.54) is 0 Å². The van der Waals surface area contributed by atoms with Gasteiger partial charge >= 0.3 is 6.03 Å². The smallest absolute Gasteiger partial charge is 0.319 e. The molecule has 0 aromatic carbocycles. The largest absolute Gasteiger partial charge is 0.331 e. The molecule has 0 aliphatic rings. The average Bonchev–Trinajstić information content (AvgIpc) is 2.12. The summed E-state index contributed by atoms with van der Waals surface area (Å²) in [5.74, 6) is 0.587. The molecule has 0 aromatic rings. The Balaban J connectivity index is 4.10. The Hall–Kier alpha value is -0.730. The summed E-state index contributed by atoms with van der Waals surface area (Å²) < 4.78 is 0. The number of carbonyl (C=O) groups excluding carboxylic acids is 1. The Labute approximate surface area is 81.7 Å². The molecule has 0 N–H and O–H groups in total. The summed E-state index contributed by atoms with van der Waals surface area (Å²) in [6.07, 6.45) is 1.12. The van der Waals surface area contributed by atoms with Gasteiger partial charge in [-0.1, -0.05) is 20.3 Å². The zero-order valence-corrected chi connectivity index (χ0v) is 9.50. The first-order valence-corrected chi connectivity index (χ1v) is 4.99. The lowest BCUT2D eigenvalue weighted by Gasteiger charge is -2.27. The van der Waals surface area contributed by atoms with Gasteiger partial charge in [0.1, 0.15) is 0 Å². The van der Waals surface area contributed by atoms with Gasteiger partial charge in [0.05, 0.1) is 0 Å². The molecular weight excluding hydrogens is 164 g/mol. The highest BCUT2D eigenvalue weighted by atomic mass is 16.2. The number of urea groups is 1. The van der Waals surface area contributed by atoms with Crippen LogP contribution < -0.4 is 0 Å². The zero-order valence-electron chi connectivity index (χ0n) is 9.50. The van der Waals surface area contributed by atoms with Crippen molar-refractivity contribution in [2.75, 3.05) is 27.2 Å². The van der Waals surface area contributed by atoms with Crippen LogP contribution in [0.25, 0.3) is 0 Å². The van der Waals surface area contributed by atoms with Gasteiger partial charge in [-0.15, -0.1) is 0 Å². The lowest BCUT2D eigenvalue weighted by Crippen LogP contribution is -2.41. The second-order valence-corrected chi connectivity index (χ2v) is 3.73. The second kappa shape index (κ2) is 5.84.